The lowest BCUT2D eigenvalue weighted by Crippen LogP contribution is -2.12. The first kappa shape index (κ1) is 11.0. The Bertz CT molecular complexity index is 337. The van der Waals surface area contributed by atoms with E-state index in [2.05, 4.69) is 28.9 Å². The molecule has 0 aliphatic heterocycles. The molecule has 0 radical (unpaired) electrons. The Labute approximate surface area is 99.6 Å². The monoisotopic (exact) mass is 268 g/mol. The summed E-state index contributed by atoms with van der Waals surface area (Å²) in [5.74, 6) is 1.89. The van der Waals surface area contributed by atoms with Crippen LogP contribution in [0.2, 0.25) is 0 Å². The molecule has 2 heteroatoms. The average molecular weight is 269 g/mol. The molecule has 0 saturated heterocycles. The molecule has 0 heterocycles. The number of aromatic hydroxyl groups is 1. The summed E-state index contributed by atoms with van der Waals surface area (Å²) < 4.78 is 0. The van der Waals surface area contributed by atoms with E-state index in [0.29, 0.717) is 10.6 Å². The molecule has 15 heavy (non-hydrogen) atoms. The smallest absolute Gasteiger partial charge is 0.115 e. The van der Waals surface area contributed by atoms with Crippen LogP contribution in [-0.4, -0.2) is 9.93 Å². The lowest BCUT2D eigenvalue weighted by molar-refractivity contribution is 0.421. The molecule has 1 aliphatic rings. The van der Waals surface area contributed by atoms with Gasteiger partial charge in [-0.05, 0) is 48.8 Å². The Morgan fingerprint density at radius 3 is 2.80 bits per heavy atom. The molecule has 0 amide bonds. The number of hydrogen-bond donors (Lipinski definition) is 1. The largest absolute Gasteiger partial charge is 0.508 e. The number of phenolic OH excluding ortho intramolecular Hbond substituents is 1. The van der Waals surface area contributed by atoms with Crippen LogP contribution in [0.1, 0.15) is 25.3 Å². The quantitative estimate of drug-likeness (QED) is 0.811. The lowest BCUT2D eigenvalue weighted by atomic mass is 9.91. The van der Waals surface area contributed by atoms with E-state index in [1.807, 2.05) is 12.1 Å². The average Bonchev–Trinajstić information content (AvgIpc) is 2.50. The van der Waals surface area contributed by atoms with Crippen LogP contribution in [0.15, 0.2) is 24.3 Å². The minimum atomic E-state index is 0.383. The molecule has 0 aromatic heterocycles. The standard InChI is InChI=1S/C13H17BrO/c1-9-11(5-6-13(9)14)7-10-3-2-4-12(15)8-10/h2-4,8-9,11,13,15H,5-7H2,1H3. The molecule has 1 nitrogen and oxygen atoms in total. The second kappa shape index (κ2) is 4.56. The van der Waals surface area contributed by atoms with Gasteiger partial charge in [0.05, 0.1) is 0 Å². The second-order valence-electron chi connectivity index (χ2n) is 4.59. The third-order valence-corrected chi connectivity index (χ3v) is 4.83. The second-order valence-corrected chi connectivity index (χ2v) is 5.76. The third kappa shape index (κ3) is 2.54. The molecule has 3 unspecified atom stereocenters. The van der Waals surface area contributed by atoms with Crippen molar-refractivity contribution in [2.75, 3.05) is 0 Å². The number of phenols is 1. The molecule has 1 N–H and O–H groups in total. The van der Waals surface area contributed by atoms with Crippen LogP contribution >= 0.6 is 15.9 Å². The van der Waals surface area contributed by atoms with Crippen molar-refractivity contribution in [3.63, 3.8) is 0 Å². The summed E-state index contributed by atoms with van der Waals surface area (Å²) in [5, 5.41) is 9.40. The maximum atomic E-state index is 9.40. The Balaban J connectivity index is 2.03. The molecule has 1 aromatic rings. The van der Waals surface area contributed by atoms with Crippen molar-refractivity contribution >= 4 is 15.9 Å². The normalized spacial score (nSPS) is 30.7. The zero-order chi connectivity index (χ0) is 10.8. The van der Waals surface area contributed by atoms with Gasteiger partial charge in [0.2, 0.25) is 0 Å². The summed E-state index contributed by atoms with van der Waals surface area (Å²) in [6.45, 7) is 2.32. The topological polar surface area (TPSA) is 20.2 Å². The number of alkyl halides is 1. The fraction of sp³-hybridized carbons (Fsp3) is 0.538. The molecule has 2 rings (SSSR count). The van der Waals surface area contributed by atoms with Gasteiger partial charge < -0.3 is 5.11 Å². The highest BCUT2D eigenvalue weighted by molar-refractivity contribution is 9.09. The van der Waals surface area contributed by atoms with Crippen LogP contribution in [0.5, 0.6) is 5.75 Å². The van der Waals surface area contributed by atoms with E-state index in [-0.39, 0.29) is 0 Å². The first-order valence-corrected chi connectivity index (χ1v) is 6.50. The molecular weight excluding hydrogens is 252 g/mol. The predicted molar refractivity (Wildman–Crippen MR) is 66.4 cm³/mol. The Kier molecular flexibility index (Phi) is 3.35. The van der Waals surface area contributed by atoms with Gasteiger partial charge in [0.15, 0.2) is 0 Å². The molecule has 3 atom stereocenters. The maximum Gasteiger partial charge on any atom is 0.115 e. The van der Waals surface area contributed by atoms with Gasteiger partial charge in [-0.25, -0.2) is 0 Å². The van der Waals surface area contributed by atoms with Crippen molar-refractivity contribution in [1.82, 2.24) is 0 Å². The Morgan fingerprint density at radius 1 is 1.40 bits per heavy atom. The molecule has 0 bridgehead atoms. The Morgan fingerprint density at radius 2 is 2.20 bits per heavy atom. The van der Waals surface area contributed by atoms with Crippen molar-refractivity contribution in [2.45, 2.75) is 31.0 Å². The van der Waals surface area contributed by atoms with Crippen LogP contribution in [-0.2, 0) is 6.42 Å². The molecule has 1 saturated carbocycles. The highest BCUT2D eigenvalue weighted by atomic mass is 79.9. The number of hydrogen-bond acceptors (Lipinski definition) is 1. The molecule has 1 fully saturated rings. The maximum absolute atomic E-state index is 9.40. The van der Waals surface area contributed by atoms with E-state index in [1.54, 1.807) is 6.07 Å². The van der Waals surface area contributed by atoms with Crippen LogP contribution in [0, 0.1) is 11.8 Å². The van der Waals surface area contributed by atoms with Gasteiger partial charge >= 0.3 is 0 Å². The minimum Gasteiger partial charge on any atom is -0.508 e. The van der Waals surface area contributed by atoms with Crippen molar-refractivity contribution in [3.8, 4) is 5.75 Å². The number of benzene rings is 1. The van der Waals surface area contributed by atoms with Crippen LogP contribution in [0.25, 0.3) is 0 Å². The van der Waals surface area contributed by atoms with Crippen LogP contribution in [0.4, 0.5) is 0 Å². The summed E-state index contributed by atoms with van der Waals surface area (Å²) >= 11 is 3.72. The van der Waals surface area contributed by atoms with Crippen LogP contribution < -0.4 is 0 Å². The molecule has 1 aromatic carbocycles. The first-order valence-electron chi connectivity index (χ1n) is 5.59. The highest BCUT2D eigenvalue weighted by Crippen LogP contribution is 2.38. The number of halogens is 1. The van der Waals surface area contributed by atoms with E-state index >= 15 is 0 Å². The van der Waals surface area contributed by atoms with Gasteiger partial charge in [-0.15, -0.1) is 0 Å². The summed E-state index contributed by atoms with van der Waals surface area (Å²) in [6.07, 6.45) is 3.68. The van der Waals surface area contributed by atoms with E-state index in [9.17, 15) is 5.11 Å². The van der Waals surface area contributed by atoms with Gasteiger partial charge in [-0.1, -0.05) is 35.0 Å². The van der Waals surface area contributed by atoms with Crippen molar-refractivity contribution in [3.05, 3.63) is 29.8 Å². The van der Waals surface area contributed by atoms with E-state index in [4.69, 9.17) is 0 Å². The first-order chi connectivity index (χ1) is 7.16. The fourth-order valence-corrected chi connectivity index (χ4v) is 3.16. The summed E-state index contributed by atoms with van der Waals surface area (Å²) in [7, 11) is 0. The Hall–Kier alpha value is -0.500. The third-order valence-electron chi connectivity index (χ3n) is 3.54. The fourth-order valence-electron chi connectivity index (χ4n) is 2.47. The van der Waals surface area contributed by atoms with Gasteiger partial charge in [0, 0.05) is 4.83 Å². The zero-order valence-corrected chi connectivity index (χ0v) is 10.6. The van der Waals surface area contributed by atoms with E-state index < -0.39 is 0 Å². The van der Waals surface area contributed by atoms with Gasteiger partial charge in [0.25, 0.3) is 0 Å². The number of rotatable bonds is 2. The van der Waals surface area contributed by atoms with Crippen molar-refractivity contribution < 1.29 is 5.11 Å². The van der Waals surface area contributed by atoms with Crippen LogP contribution in [0.3, 0.4) is 0 Å². The molecule has 82 valence electrons. The van der Waals surface area contributed by atoms with Crippen molar-refractivity contribution in [2.24, 2.45) is 11.8 Å². The molecular formula is C13H17BrO. The summed E-state index contributed by atoms with van der Waals surface area (Å²) in [6, 6.07) is 7.65. The SMILES string of the molecule is CC1C(Br)CCC1Cc1cccc(O)c1. The zero-order valence-electron chi connectivity index (χ0n) is 8.99. The van der Waals surface area contributed by atoms with Crippen molar-refractivity contribution in [1.29, 1.82) is 0 Å². The molecule has 0 spiro atoms. The lowest BCUT2D eigenvalue weighted by Gasteiger charge is -2.17. The van der Waals surface area contributed by atoms with E-state index in [1.165, 1.54) is 18.4 Å². The highest BCUT2D eigenvalue weighted by Gasteiger charge is 2.30. The van der Waals surface area contributed by atoms with Gasteiger partial charge in [-0.3, -0.25) is 0 Å². The predicted octanol–water partition coefficient (Wildman–Crippen LogP) is 3.74. The summed E-state index contributed by atoms with van der Waals surface area (Å²) in [4.78, 5) is 0.680. The molecule has 1 aliphatic carbocycles. The summed E-state index contributed by atoms with van der Waals surface area (Å²) in [5.41, 5.74) is 1.26. The minimum absolute atomic E-state index is 0.383. The van der Waals surface area contributed by atoms with E-state index in [0.717, 1.165) is 18.3 Å². The van der Waals surface area contributed by atoms with Gasteiger partial charge in [0.1, 0.15) is 5.75 Å². The van der Waals surface area contributed by atoms with Gasteiger partial charge in [-0.2, -0.15) is 0 Å².